The van der Waals surface area contributed by atoms with Crippen molar-refractivity contribution in [3.63, 3.8) is 0 Å². The third kappa shape index (κ3) is 3.73. The minimum absolute atomic E-state index is 0.0718. The van der Waals surface area contributed by atoms with Crippen LogP contribution in [0.1, 0.15) is 24.2 Å². The van der Waals surface area contributed by atoms with Gasteiger partial charge in [-0.15, -0.1) is 0 Å². The van der Waals surface area contributed by atoms with E-state index in [4.69, 9.17) is 14.2 Å². The van der Waals surface area contributed by atoms with E-state index < -0.39 is 0 Å². The van der Waals surface area contributed by atoms with Crippen molar-refractivity contribution in [1.29, 1.82) is 0 Å². The first-order valence-corrected chi connectivity index (χ1v) is 9.70. The van der Waals surface area contributed by atoms with Gasteiger partial charge in [-0.3, -0.25) is 4.79 Å². The number of fused-ring (bicyclic) bond motifs is 1. The van der Waals surface area contributed by atoms with Crippen LogP contribution < -0.4 is 14.2 Å². The number of carbonyl (C=O) groups is 1. The summed E-state index contributed by atoms with van der Waals surface area (Å²) >= 11 is 0. The molecule has 0 aliphatic heterocycles. The molecule has 3 rings (SSSR count). The second-order valence-electron chi connectivity index (χ2n) is 6.61. The van der Waals surface area contributed by atoms with Gasteiger partial charge >= 0.3 is 0 Å². The highest BCUT2D eigenvalue weighted by molar-refractivity contribution is 6.05. The first kappa shape index (κ1) is 20.5. The van der Waals surface area contributed by atoms with E-state index >= 15 is 0 Å². The number of benzene rings is 3. The predicted molar refractivity (Wildman–Crippen MR) is 116 cm³/mol. The number of methoxy groups -OCH3 is 3. The molecule has 5 nitrogen and oxygen atoms in total. The van der Waals surface area contributed by atoms with Gasteiger partial charge in [-0.25, -0.2) is 0 Å². The lowest BCUT2D eigenvalue weighted by Crippen LogP contribution is -2.31. The van der Waals surface area contributed by atoms with E-state index in [1.54, 1.807) is 32.3 Å². The smallest absolute Gasteiger partial charge is 0.254 e. The monoisotopic (exact) mass is 393 g/mol. The number of nitrogens with zero attached hydrogens (tertiary/aromatic N) is 1. The maximum absolute atomic E-state index is 13.4. The topological polar surface area (TPSA) is 48.0 Å². The van der Waals surface area contributed by atoms with E-state index in [-0.39, 0.29) is 5.91 Å². The Hall–Kier alpha value is -3.21. The Labute approximate surface area is 171 Å². The zero-order valence-electron chi connectivity index (χ0n) is 17.6. The van der Waals surface area contributed by atoms with E-state index in [1.807, 2.05) is 38.1 Å². The van der Waals surface area contributed by atoms with Gasteiger partial charge in [0.15, 0.2) is 11.5 Å². The highest BCUT2D eigenvalue weighted by atomic mass is 16.5. The molecule has 0 fully saturated rings. The second-order valence-corrected chi connectivity index (χ2v) is 6.61. The summed E-state index contributed by atoms with van der Waals surface area (Å²) in [5.41, 5.74) is 2.11. The number of carbonyl (C=O) groups excluding carboxylic acids is 1. The zero-order valence-corrected chi connectivity index (χ0v) is 17.6. The molecule has 0 saturated carbocycles. The van der Waals surface area contributed by atoms with E-state index in [2.05, 4.69) is 18.2 Å². The maximum atomic E-state index is 13.4. The van der Waals surface area contributed by atoms with Gasteiger partial charge in [-0.2, -0.15) is 0 Å². The van der Waals surface area contributed by atoms with Gasteiger partial charge in [0.25, 0.3) is 5.91 Å². The van der Waals surface area contributed by atoms with Gasteiger partial charge in [0, 0.05) is 18.7 Å². The molecule has 0 aliphatic carbocycles. The first-order valence-electron chi connectivity index (χ1n) is 9.70. The predicted octanol–water partition coefficient (Wildman–Crippen LogP) is 5.01. The van der Waals surface area contributed by atoms with Crippen LogP contribution in [-0.4, -0.2) is 45.2 Å². The summed E-state index contributed by atoms with van der Waals surface area (Å²) in [4.78, 5) is 15.2. The molecule has 3 aromatic carbocycles. The van der Waals surface area contributed by atoms with Crippen LogP contribution in [0.3, 0.4) is 0 Å². The van der Waals surface area contributed by atoms with Crippen LogP contribution in [-0.2, 0) is 0 Å². The Morgan fingerprint density at radius 1 is 0.828 bits per heavy atom. The molecule has 5 heteroatoms. The fourth-order valence-corrected chi connectivity index (χ4v) is 3.64. The summed E-state index contributed by atoms with van der Waals surface area (Å²) in [6.45, 7) is 5.16. The van der Waals surface area contributed by atoms with Gasteiger partial charge in [0.2, 0.25) is 5.75 Å². The molecule has 0 heterocycles. The van der Waals surface area contributed by atoms with Crippen molar-refractivity contribution in [2.45, 2.75) is 13.8 Å². The molecule has 0 N–H and O–H groups in total. The Morgan fingerprint density at radius 3 is 2.07 bits per heavy atom. The van der Waals surface area contributed by atoms with Crippen molar-refractivity contribution in [2.24, 2.45) is 0 Å². The molecule has 0 aromatic heterocycles. The summed E-state index contributed by atoms with van der Waals surface area (Å²) in [5, 5.41) is 2.22. The lowest BCUT2D eigenvalue weighted by molar-refractivity contribution is 0.0773. The maximum Gasteiger partial charge on any atom is 0.254 e. The second kappa shape index (κ2) is 8.86. The van der Waals surface area contributed by atoms with Crippen molar-refractivity contribution in [3.8, 4) is 28.4 Å². The first-order chi connectivity index (χ1) is 14.1. The largest absolute Gasteiger partial charge is 0.493 e. The molecular formula is C24H27NO4. The van der Waals surface area contributed by atoms with Crippen LogP contribution in [0.5, 0.6) is 17.2 Å². The van der Waals surface area contributed by atoms with Crippen LogP contribution in [0.25, 0.3) is 21.9 Å². The van der Waals surface area contributed by atoms with Gasteiger partial charge in [-0.05, 0) is 42.3 Å². The van der Waals surface area contributed by atoms with Crippen LogP contribution in [0.4, 0.5) is 0 Å². The van der Waals surface area contributed by atoms with Gasteiger partial charge < -0.3 is 19.1 Å². The minimum atomic E-state index is -0.0718. The van der Waals surface area contributed by atoms with Crippen molar-refractivity contribution in [2.75, 3.05) is 34.4 Å². The van der Waals surface area contributed by atoms with Gasteiger partial charge in [-0.1, -0.05) is 36.4 Å². The fourth-order valence-electron chi connectivity index (χ4n) is 3.64. The highest BCUT2D eigenvalue weighted by Gasteiger charge is 2.27. The molecule has 0 atom stereocenters. The molecule has 0 bridgehead atoms. The van der Waals surface area contributed by atoms with Crippen LogP contribution >= 0.6 is 0 Å². The van der Waals surface area contributed by atoms with Crippen molar-refractivity contribution >= 4 is 16.7 Å². The molecule has 0 saturated heterocycles. The zero-order chi connectivity index (χ0) is 21.0. The number of hydrogen-bond donors (Lipinski definition) is 0. The average molecular weight is 393 g/mol. The van der Waals surface area contributed by atoms with E-state index in [0.717, 1.165) is 16.3 Å². The summed E-state index contributed by atoms with van der Waals surface area (Å²) in [6, 6.07) is 16.0. The standard InChI is InChI=1S/C24H27NO4/c1-6-25(7-2)24(26)19-15-20(27-3)22(28-4)23(29-5)21(19)18-13-12-16-10-8-9-11-17(16)14-18/h8-15H,6-7H2,1-5H3. The third-order valence-electron chi connectivity index (χ3n) is 5.15. The molecule has 0 spiro atoms. The Morgan fingerprint density at radius 2 is 1.48 bits per heavy atom. The molecule has 3 aromatic rings. The summed E-state index contributed by atoms with van der Waals surface area (Å²) in [5.74, 6) is 1.34. The molecule has 1 amide bonds. The van der Waals surface area contributed by atoms with Gasteiger partial charge in [0.05, 0.1) is 26.9 Å². The fraction of sp³-hybridized carbons (Fsp3) is 0.292. The third-order valence-corrected chi connectivity index (χ3v) is 5.15. The number of ether oxygens (including phenoxy) is 3. The minimum Gasteiger partial charge on any atom is -0.493 e. The van der Waals surface area contributed by atoms with Crippen molar-refractivity contribution in [1.82, 2.24) is 4.90 Å². The summed E-state index contributed by atoms with van der Waals surface area (Å²) in [6.07, 6.45) is 0. The lowest BCUT2D eigenvalue weighted by atomic mass is 9.94. The van der Waals surface area contributed by atoms with Crippen LogP contribution in [0.2, 0.25) is 0 Å². The Bertz CT molecular complexity index is 1020. The van der Waals surface area contributed by atoms with E-state index in [9.17, 15) is 4.79 Å². The van der Waals surface area contributed by atoms with Crippen molar-refractivity contribution < 1.29 is 19.0 Å². The van der Waals surface area contributed by atoms with Crippen LogP contribution in [0, 0.1) is 0 Å². The SMILES string of the molecule is CCN(CC)C(=O)c1cc(OC)c(OC)c(OC)c1-c1ccc2ccccc2c1. The number of rotatable bonds is 7. The van der Waals surface area contributed by atoms with Crippen molar-refractivity contribution in [3.05, 3.63) is 54.1 Å². The molecular weight excluding hydrogens is 366 g/mol. The Kier molecular flexibility index (Phi) is 6.27. The molecule has 0 aliphatic rings. The summed E-state index contributed by atoms with van der Waals surface area (Å²) < 4.78 is 16.8. The lowest BCUT2D eigenvalue weighted by Gasteiger charge is -2.24. The van der Waals surface area contributed by atoms with Crippen LogP contribution in [0.15, 0.2) is 48.5 Å². The quantitative estimate of drug-likeness (QED) is 0.566. The molecule has 152 valence electrons. The Balaban J connectivity index is 2.35. The van der Waals surface area contributed by atoms with E-state index in [1.165, 1.54) is 0 Å². The average Bonchev–Trinajstić information content (AvgIpc) is 2.77. The highest BCUT2D eigenvalue weighted by Crippen LogP contribution is 2.47. The molecule has 0 radical (unpaired) electrons. The number of hydrogen-bond acceptors (Lipinski definition) is 4. The van der Waals surface area contributed by atoms with Gasteiger partial charge in [0.1, 0.15) is 0 Å². The van der Waals surface area contributed by atoms with E-state index in [0.29, 0.717) is 41.5 Å². The molecule has 0 unspecified atom stereocenters. The summed E-state index contributed by atoms with van der Waals surface area (Å²) in [7, 11) is 4.70. The molecule has 29 heavy (non-hydrogen) atoms. The number of amides is 1. The normalized spacial score (nSPS) is 10.7.